The van der Waals surface area contributed by atoms with Crippen LogP contribution >= 0.6 is 0 Å². The van der Waals surface area contributed by atoms with Gasteiger partial charge in [-0.3, -0.25) is 0 Å². The van der Waals surface area contributed by atoms with Crippen molar-refractivity contribution in [2.24, 2.45) is 0 Å². The minimum atomic E-state index is -0.161. The molecule has 0 saturated heterocycles. The minimum Gasteiger partial charge on any atom is -0.306 e. The quantitative estimate of drug-likeness (QED) is 0.893. The van der Waals surface area contributed by atoms with Gasteiger partial charge in [-0.1, -0.05) is 18.7 Å². The number of benzene rings is 1. The number of hydrogen-bond donors (Lipinski definition) is 1. The summed E-state index contributed by atoms with van der Waals surface area (Å²) in [6.45, 7) is 8.11. The maximum absolute atomic E-state index is 13.5. The number of aryl methyl sites for hydroxylation is 1. The zero-order valence-corrected chi connectivity index (χ0v) is 11.2. The average Bonchev–Trinajstić information content (AvgIpc) is 2.87. The number of nitrogens with zero attached hydrogens (tertiary/aromatic N) is 2. The Labute approximate surface area is 112 Å². The smallest absolute Gasteiger partial charge is 0.126 e. The van der Waals surface area contributed by atoms with Crippen LogP contribution in [0.25, 0.3) is 6.20 Å². The number of aromatic nitrogens is 2. The van der Waals surface area contributed by atoms with Gasteiger partial charge in [-0.15, -0.1) is 0 Å². The van der Waals surface area contributed by atoms with Crippen LogP contribution in [0.2, 0.25) is 0 Å². The highest BCUT2D eigenvalue weighted by molar-refractivity contribution is 5.25. The molecule has 0 saturated carbocycles. The van der Waals surface area contributed by atoms with E-state index in [1.54, 1.807) is 36.1 Å². The van der Waals surface area contributed by atoms with E-state index in [1.165, 1.54) is 0 Å². The van der Waals surface area contributed by atoms with Crippen LogP contribution in [0.3, 0.4) is 0 Å². The lowest BCUT2D eigenvalue weighted by atomic mass is 10.1. The fourth-order valence-electron chi connectivity index (χ4n) is 1.84. The number of nitrogens with one attached hydrogen (secondary N) is 1. The van der Waals surface area contributed by atoms with Gasteiger partial charge in [0.25, 0.3) is 0 Å². The lowest BCUT2D eigenvalue weighted by Crippen LogP contribution is -2.18. The number of rotatable bonds is 5. The van der Waals surface area contributed by atoms with Crippen molar-refractivity contribution in [3.63, 3.8) is 0 Å². The van der Waals surface area contributed by atoms with E-state index >= 15 is 0 Å². The van der Waals surface area contributed by atoms with Crippen LogP contribution in [0.15, 0.2) is 37.2 Å². The molecule has 1 aromatic carbocycles. The third-order valence-electron chi connectivity index (χ3n) is 3.15. The Kier molecular flexibility index (Phi) is 4.12. The third kappa shape index (κ3) is 3.29. The van der Waals surface area contributed by atoms with E-state index < -0.39 is 0 Å². The van der Waals surface area contributed by atoms with E-state index in [4.69, 9.17) is 0 Å². The van der Waals surface area contributed by atoms with Crippen molar-refractivity contribution in [3.05, 3.63) is 59.7 Å². The molecule has 0 amide bonds. The summed E-state index contributed by atoms with van der Waals surface area (Å²) in [5.41, 5.74) is 2.68. The molecule has 100 valence electrons. The Balaban J connectivity index is 1.98. The Morgan fingerprint density at radius 3 is 2.95 bits per heavy atom. The fraction of sp³-hybridized carbons (Fsp3) is 0.267. The molecule has 19 heavy (non-hydrogen) atoms. The second-order valence-corrected chi connectivity index (χ2v) is 4.62. The fourth-order valence-corrected chi connectivity index (χ4v) is 1.84. The molecular weight excluding hydrogens is 241 g/mol. The van der Waals surface area contributed by atoms with Crippen LogP contribution in [0.4, 0.5) is 4.39 Å². The normalized spacial score (nSPS) is 12.4. The van der Waals surface area contributed by atoms with Crippen molar-refractivity contribution in [3.8, 4) is 0 Å². The summed E-state index contributed by atoms with van der Waals surface area (Å²) in [4.78, 5) is 0. The standard InChI is InChI=1S/C15H18FN3/c1-4-19-10-13(9-18-19)8-17-12(3)14-6-5-11(2)15(16)7-14/h4-7,9-10,12,17H,1,8H2,2-3H3. The highest BCUT2D eigenvalue weighted by Crippen LogP contribution is 2.16. The molecule has 0 aliphatic rings. The maximum atomic E-state index is 13.5. The zero-order chi connectivity index (χ0) is 13.8. The number of halogens is 1. The van der Waals surface area contributed by atoms with Crippen molar-refractivity contribution in [2.75, 3.05) is 0 Å². The summed E-state index contributed by atoms with van der Waals surface area (Å²) < 4.78 is 15.2. The Morgan fingerprint density at radius 1 is 1.53 bits per heavy atom. The molecule has 1 N–H and O–H groups in total. The molecule has 2 rings (SSSR count). The van der Waals surface area contributed by atoms with Crippen LogP contribution in [-0.4, -0.2) is 9.78 Å². The van der Waals surface area contributed by atoms with Crippen LogP contribution < -0.4 is 5.32 Å². The van der Waals surface area contributed by atoms with Gasteiger partial charge in [0.15, 0.2) is 0 Å². The molecule has 2 aromatic rings. The van der Waals surface area contributed by atoms with Crippen LogP contribution in [0.1, 0.15) is 29.7 Å². The van der Waals surface area contributed by atoms with Crippen LogP contribution in [0.5, 0.6) is 0 Å². The predicted molar refractivity (Wildman–Crippen MR) is 75.0 cm³/mol. The minimum absolute atomic E-state index is 0.0854. The van der Waals surface area contributed by atoms with E-state index in [-0.39, 0.29) is 11.9 Å². The Bertz CT molecular complexity index is 575. The SMILES string of the molecule is C=Cn1cc(CNC(C)c2ccc(C)c(F)c2)cn1. The summed E-state index contributed by atoms with van der Waals surface area (Å²) in [7, 11) is 0. The molecular formula is C15H18FN3. The van der Waals surface area contributed by atoms with E-state index in [9.17, 15) is 4.39 Å². The first-order valence-corrected chi connectivity index (χ1v) is 6.25. The van der Waals surface area contributed by atoms with E-state index in [0.29, 0.717) is 12.1 Å². The summed E-state index contributed by atoms with van der Waals surface area (Å²) >= 11 is 0. The first-order valence-electron chi connectivity index (χ1n) is 6.25. The summed E-state index contributed by atoms with van der Waals surface area (Å²) in [6, 6.07) is 5.42. The van der Waals surface area contributed by atoms with Gasteiger partial charge in [-0.25, -0.2) is 9.07 Å². The largest absolute Gasteiger partial charge is 0.306 e. The van der Waals surface area contributed by atoms with Gasteiger partial charge in [0.2, 0.25) is 0 Å². The van der Waals surface area contributed by atoms with Gasteiger partial charge in [0.1, 0.15) is 5.82 Å². The average molecular weight is 259 g/mol. The van der Waals surface area contributed by atoms with E-state index in [2.05, 4.69) is 17.0 Å². The molecule has 0 radical (unpaired) electrons. The highest BCUT2D eigenvalue weighted by atomic mass is 19.1. The molecule has 0 fully saturated rings. The highest BCUT2D eigenvalue weighted by Gasteiger charge is 2.07. The van der Waals surface area contributed by atoms with E-state index in [0.717, 1.165) is 11.1 Å². The molecule has 0 spiro atoms. The summed E-state index contributed by atoms with van der Waals surface area (Å²) in [6.07, 6.45) is 5.34. The third-order valence-corrected chi connectivity index (χ3v) is 3.15. The van der Waals surface area contributed by atoms with Crippen molar-refractivity contribution in [2.45, 2.75) is 26.4 Å². The molecule has 4 heteroatoms. The second kappa shape index (κ2) is 5.80. The van der Waals surface area contributed by atoms with Gasteiger partial charge in [-0.2, -0.15) is 5.10 Å². The topological polar surface area (TPSA) is 29.9 Å². The van der Waals surface area contributed by atoms with Crippen LogP contribution in [0, 0.1) is 12.7 Å². The predicted octanol–water partition coefficient (Wildman–Crippen LogP) is 3.28. The van der Waals surface area contributed by atoms with Crippen LogP contribution in [-0.2, 0) is 6.54 Å². The monoisotopic (exact) mass is 259 g/mol. The molecule has 0 aliphatic carbocycles. The van der Waals surface area contributed by atoms with E-state index in [1.807, 2.05) is 19.2 Å². The molecule has 3 nitrogen and oxygen atoms in total. The van der Waals surface area contributed by atoms with Gasteiger partial charge >= 0.3 is 0 Å². The molecule has 1 heterocycles. The lowest BCUT2D eigenvalue weighted by molar-refractivity contribution is 0.563. The number of hydrogen-bond acceptors (Lipinski definition) is 2. The molecule has 1 aromatic heterocycles. The second-order valence-electron chi connectivity index (χ2n) is 4.62. The van der Waals surface area contributed by atoms with Crippen molar-refractivity contribution in [1.82, 2.24) is 15.1 Å². The first kappa shape index (κ1) is 13.5. The molecule has 1 atom stereocenters. The maximum Gasteiger partial charge on any atom is 0.126 e. The molecule has 1 unspecified atom stereocenters. The first-order chi connectivity index (χ1) is 9.10. The lowest BCUT2D eigenvalue weighted by Gasteiger charge is -2.14. The Hall–Kier alpha value is -1.94. The summed E-state index contributed by atoms with van der Waals surface area (Å²) in [5.74, 6) is -0.161. The van der Waals surface area contributed by atoms with Crippen molar-refractivity contribution < 1.29 is 4.39 Å². The van der Waals surface area contributed by atoms with Gasteiger partial charge in [0, 0.05) is 30.5 Å². The Morgan fingerprint density at radius 2 is 2.32 bits per heavy atom. The summed E-state index contributed by atoms with van der Waals surface area (Å²) in [5, 5.41) is 7.45. The van der Waals surface area contributed by atoms with Crippen molar-refractivity contribution >= 4 is 6.20 Å². The zero-order valence-electron chi connectivity index (χ0n) is 11.2. The molecule has 0 bridgehead atoms. The van der Waals surface area contributed by atoms with Gasteiger partial charge < -0.3 is 5.32 Å². The molecule has 0 aliphatic heterocycles. The van der Waals surface area contributed by atoms with Crippen molar-refractivity contribution in [1.29, 1.82) is 0 Å². The van der Waals surface area contributed by atoms with Gasteiger partial charge in [-0.05, 0) is 31.0 Å². The van der Waals surface area contributed by atoms with Gasteiger partial charge in [0.05, 0.1) is 6.20 Å².